The number of likely N-dealkylation sites (tertiary alicyclic amines) is 1. The molecule has 3 heterocycles. The summed E-state index contributed by atoms with van der Waals surface area (Å²) >= 11 is 0. The summed E-state index contributed by atoms with van der Waals surface area (Å²) in [4.78, 5) is 31.1. The summed E-state index contributed by atoms with van der Waals surface area (Å²) in [7, 11) is 0. The van der Waals surface area contributed by atoms with Gasteiger partial charge in [-0.05, 0) is 55.3 Å². The minimum absolute atomic E-state index is 0.0671. The van der Waals surface area contributed by atoms with Gasteiger partial charge in [-0.2, -0.15) is 5.10 Å². The van der Waals surface area contributed by atoms with Crippen molar-refractivity contribution in [3.05, 3.63) is 77.6 Å². The van der Waals surface area contributed by atoms with Crippen molar-refractivity contribution in [2.45, 2.75) is 18.8 Å². The first-order valence-electron chi connectivity index (χ1n) is 9.41. The minimum atomic E-state index is -0.360. The molecule has 4 rings (SSSR count). The molecule has 2 aromatic heterocycles. The number of aromatic amines is 1. The van der Waals surface area contributed by atoms with Crippen molar-refractivity contribution in [3.8, 4) is 0 Å². The van der Waals surface area contributed by atoms with E-state index in [0.29, 0.717) is 30.0 Å². The molecular formula is C21H20FN5O2. The molecule has 1 atom stereocenters. The standard InChI is InChI=1S/C21H20FN5O2/c22-16-4-6-17(7-5-16)25-20(28)14-3-8-18(23-12-14)15-2-1-11-27(13-15)21(29)19-9-10-24-26-19/h3-10,12,15H,1-2,11,13H2,(H,24,26)(H,25,28)/t15-/m1/s1. The highest BCUT2D eigenvalue weighted by Gasteiger charge is 2.27. The Bertz CT molecular complexity index is 987. The van der Waals surface area contributed by atoms with Crippen molar-refractivity contribution in [2.24, 2.45) is 0 Å². The minimum Gasteiger partial charge on any atom is -0.337 e. The molecule has 0 radical (unpaired) electrons. The van der Waals surface area contributed by atoms with Crippen LogP contribution in [0.1, 0.15) is 45.3 Å². The second-order valence-electron chi connectivity index (χ2n) is 6.99. The lowest BCUT2D eigenvalue weighted by Gasteiger charge is -2.32. The molecule has 7 nitrogen and oxygen atoms in total. The van der Waals surface area contributed by atoms with Crippen LogP contribution in [-0.4, -0.2) is 45.0 Å². The molecule has 2 N–H and O–H groups in total. The van der Waals surface area contributed by atoms with E-state index in [1.54, 1.807) is 23.2 Å². The maximum absolute atomic E-state index is 13.0. The Hall–Kier alpha value is -3.55. The molecule has 0 unspecified atom stereocenters. The largest absolute Gasteiger partial charge is 0.337 e. The van der Waals surface area contributed by atoms with E-state index >= 15 is 0 Å². The van der Waals surface area contributed by atoms with Crippen LogP contribution in [0.25, 0.3) is 0 Å². The molecule has 1 aromatic carbocycles. The lowest BCUT2D eigenvalue weighted by atomic mass is 9.93. The summed E-state index contributed by atoms with van der Waals surface area (Å²) < 4.78 is 13.0. The highest BCUT2D eigenvalue weighted by atomic mass is 19.1. The third-order valence-electron chi connectivity index (χ3n) is 5.01. The lowest BCUT2D eigenvalue weighted by molar-refractivity contribution is 0.0700. The molecule has 0 spiro atoms. The Morgan fingerprint density at radius 1 is 1.14 bits per heavy atom. The number of amides is 2. The first kappa shape index (κ1) is 18.8. The monoisotopic (exact) mass is 393 g/mol. The van der Waals surface area contributed by atoms with Crippen molar-refractivity contribution in [2.75, 3.05) is 18.4 Å². The van der Waals surface area contributed by atoms with Gasteiger partial charge in [0.15, 0.2) is 0 Å². The molecule has 1 saturated heterocycles. The van der Waals surface area contributed by atoms with Crippen LogP contribution < -0.4 is 5.32 Å². The predicted octanol–water partition coefficient (Wildman–Crippen LogP) is 3.22. The van der Waals surface area contributed by atoms with E-state index < -0.39 is 0 Å². The molecular weight excluding hydrogens is 373 g/mol. The summed E-state index contributed by atoms with van der Waals surface area (Å²) in [5.41, 5.74) is 2.26. The molecule has 0 saturated carbocycles. The molecule has 3 aromatic rings. The number of pyridine rings is 1. The summed E-state index contributed by atoms with van der Waals surface area (Å²) in [6.45, 7) is 1.28. The maximum atomic E-state index is 13.0. The number of hydrogen-bond acceptors (Lipinski definition) is 4. The number of benzene rings is 1. The van der Waals surface area contributed by atoms with Gasteiger partial charge in [-0.15, -0.1) is 0 Å². The van der Waals surface area contributed by atoms with Gasteiger partial charge in [-0.25, -0.2) is 4.39 Å². The van der Waals surface area contributed by atoms with Crippen LogP contribution in [0, 0.1) is 5.82 Å². The molecule has 2 amide bonds. The molecule has 0 bridgehead atoms. The summed E-state index contributed by atoms with van der Waals surface area (Å²) in [5, 5.41) is 9.26. The fraction of sp³-hybridized carbons (Fsp3) is 0.238. The van der Waals surface area contributed by atoms with Crippen LogP contribution >= 0.6 is 0 Å². The molecule has 1 aliphatic heterocycles. The number of halogens is 1. The van der Waals surface area contributed by atoms with E-state index in [0.717, 1.165) is 18.5 Å². The number of hydrogen-bond donors (Lipinski definition) is 2. The second-order valence-corrected chi connectivity index (χ2v) is 6.99. The Balaban J connectivity index is 1.41. The van der Waals surface area contributed by atoms with Gasteiger partial charge < -0.3 is 10.2 Å². The van der Waals surface area contributed by atoms with Crippen LogP contribution in [0.2, 0.25) is 0 Å². The highest BCUT2D eigenvalue weighted by Crippen LogP contribution is 2.26. The van der Waals surface area contributed by atoms with Gasteiger partial charge in [0, 0.05) is 42.8 Å². The Labute approximate surface area is 167 Å². The Morgan fingerprint density at radius 2 is 1.97 bits per heavy atom. The van der Waals surface area contributed by atoms with E-state index in [9.17, 15) is 14.0 Å². The molecule has 1 aliphatic rings. The maximum Gasteiger partial charge on any atom is 0.271 e. The van der Waals surface area contributed by atoms with Gasteiger partial charge >= 0.3 is 0 Å². The van der Waals surface area contributed by atoms with Gasteiger partial charge in [0.25, 0.3) is 11.8 Å². The van der Waals surface area contributed by atoms with Crippen molar-refractivity contribution in [1.82, 2.24) is 20.1 Å². The van der Waals surface area contributed by atoms with Crippen molar-refractivity contribution < 1.29 is 14.0 Å². The number of H-pyrrole nitrogens is 1. The molecule has 148 valence electrons. The molecule has 29 heavy (non-hydrogen) atoms. The number of anilines is 1. The average Bonchev–Trinajstić information content (AvgIpc) is 3.30. The SMILES string of the molecule is O=C(Nc1ccc(F)cc1)c1ccc([C@@H]2CCCN(C(=O)c3ccn[nH]3)C2)nc1. The molecule has 8 heteroatoms. The van der Waals surface area contributed by atoms with E-state index in [-0.39, 0.29) is 23.5 Å². The fourth-order valence-electron chi connectivity index (χ4n) is 3.47. The number of piperidine rings is 1. The molecule has 1 fully saturated rings. The summed E-state index contributed by atoms with van der Waals surface area (Å²) in [5.74, 6) is -0.621. The number of carbonyl (C=O) groups is 2. The smallest absolute Gasteiger partial charge is 0.271 e. The first-order chi connectivity index (χ1) is 14.1. The van der Waals surface area contributed by atoms with Crippen LogP contribution in [0.3, 0.4) is 0 Å². The van der Waals surface area contributed by atoms with E-state index in [2.05, 4.69) is 20.5 Å². The van der Waals surface area contributed by atoms with Crippen molar-refractivity contribution in [3.63, 3.8) is 0 Å². The highest BCUT2D eigenvalue weighted by molar-refractivity contribution is 6.04. The van der Waals surface area contributed by atoms with Crippen LogP contribution in [0.15, 0.2) is 54.9 Å². The van der Waals surface area contributed by atoms with E-state index in [1.165, 1.54) is 30.5 Å². The van der Waals surface area contributed by atoms with E-state index in [4.69, 9.17) is 0 Å². The molecule has 0 aliphatic carbocycles. The van der Waals surface area contributed by atoms with Gasteiger partial charge in [-0.1, -0.05) is 0 Å². The van der Waals surface area contributed by atoms with Gasteiger partial charge in [0.1, 0.15) is 11.5 Å². The number of carbonyl (C=O) groups excluding carboxylic acids is 2. The number of aromatic nitrogens is 3. The number of rotatable bonds is 4. The van der Waals surface area contributed by atoms with Crippen LogP contribution in [-0.2, 0) is 0 Å². The zero-order chi connectivity index (χ0) is 20.2. The predicted molar refractivity (Wildman–Crippen MR) is 105 cm³/mol. The summed E-state index contributed by atoms with van der Waals surface area (Å²) in [6.07, 6.45) is 4.91. The van der Waals surface area contributed by atoms with Crippen LogP contribution in [0.5, 0.6) is 0 Å². The van der Waals surface area contributed by atoms with Gasteiger partial charge in [-0.3, -0.25) is 19.7 Å². The lowest BCUT2D eigenvalue weighted by Crippen LogP contribution is -2.39. The second kappa shape index (κ2) is 8.22. The van der Waals surface area contributed by atoms with Crippen molar-refractivity contribution >= 4 is 17.5 Å². The number of nitrogens with zero attached hydrogens (tertiary/aromatic N) is 3. The first-order valence-corrected chi connectivity index (χ1v) is 9.41. The van der Waals surface area contributed by atoms with Gasteiger partial charge in [0.05, 0.1) is 5.56 Å². The van der Waals surface area contributed by atoms with Gasteiger partial charge in [0.2, 0.25) is 0 Å². The van der Waals surface area contributed by atoms with Crippen LogP contribution in [0.4, 0.5) is 10.1 Å². The zero-order valence-corrected chi connectivity index (χ0v) is 15.6. The zero-order valence-electron chi connectivity index (χ0n) is 15.6. The third kappa shape index (κ3) is 4.31. The number of nitrogens with one attached hydrogen (secondary N) is 2. The Morgan fingerprint density at radius 3 is 2.66 bits per heavy atom. The average molecular weight is 393 g/mol. The normalized spacial score (nSPS) is 16.4. The quantitative estimate of drug-likeness (QED) is 0.712. The van der Waals surface area contributed by atoms with Crippen molar-refractivity contribution in [1.29, 1.82) is 0 Å². The topological polar surface area (TPSA) is 91.0 Å². The summed E-state index contributed by atoms with van der Waals surface area (Å²) in [6, 6.07) is 10.8. The van der Waals surface area contributed by atoms with E-state index in [1.807, 2.05) is 6.07 Å². The third-order valence-corrected chi connectivity index (χ3v) is 5.01. The Kier molecular flexibility index (Phi) is 5.33. The fourth-order valence-corrected chi connectivity index (χ4v) is 3.47.